The Labute approximate surface area is 253 Å². The molecule has 40 heavy (non-hydrogen) atoms. The number of hydrogen-bond donors (Lipinski definition) is 1. The fourth-order valence-electron chi connectivity index (χ4n) is 3.87. The van der Waals surface area contributed by atoms with Gasteiger partial charge in [-0.3, -0.25) is 0 Å². The summed E-state index contributed by atoms with van der Waals surface area (Å²) in [7, 11) is 0. The summed E-state index contributed by atoms with van der Waals surface area (Å²) in [6.07, 6.45) is 0.0251. The minimum Gasteiger partial charge on any atom is -0.492 e. The number of nitrogens with zero attached hydrogens (tertiary/aromatic N) is 1. The molecule has 3 aromatic carbocycles. The molecule has 1 N–H and O–H groups in total. The second-order valence-electron chi connectivity index (χ2n) is 8.79. The number of carboxylic acid groups (broad SMARTS) is 1. The molecule has 3 rings (SSSR count). The van der Waals surface area contributed by atoms with Gasteiger partial charge in [-0.15, -0.1) is 0 Å². The van der Waals surface area contributed by atoms with Gasteiger partial charge in [0.25, 0.3) is 0 Å². The quantitative estimate of drug-likeness (QED) is 0.196. The number of carbonyl (C=O) groups is 2. The molecule has 1 atom stereocenters. The highest BCUT2D eigenvalue weighted by molar-refractivity contribution is 6.35. The van der Waals surface area contributed by atoms with Gasteiger partial charge in [0.1, 0.15) is 12.4 Å². The summed E-state index contributed by atoms with van der Waals surface area (Å²) >= 11 is 24.4. The molecule has 7 nitrogen and oxygen atoms in total. The maximum atomic E-state index is 13.1. The van der Waals surface area contributed by atoms with Crippen LogP contribution in [0.25, 0.3) is 0 Å². The predicted molar refractivity (Wildman–Crippen MR) is 158 cm³/mol. The number of carbonyl (C=O) groups excluding carboxylic acids is 1. The molecule has 3 aromatic rings. The molecule has 1 amide bonds. The fourth-order valence-corrected chi connectivity index (χ4v) is 4.89. The third kappa shape index (κ3) is 10.4. The first-order valence-corrected chi connectivity index (χ1v) is 14.1. The SMILES string of the molecule is CCOC(Cc1ccc(OCCN(CCCc2cc(Cl)cc(Cl)c2)C(=O)Oc2ccc(Cl)cc2Cl)cc1)C(=O)O. The van der Waals surface area contributed by atoms with E-state index in [1.165, 1.54) is 17.0 Å². The van der Waals surface area contributed by atoms with Crippen molar-refractivity contribution in [1.82, 2.24) is 4.90 Å². The van der Waals surface area contributed by atoms with Crippen molar-refractivity contribution in [3.8, 4) is 11.5 Å². The van der Waals surface area contributed by atoms with Crippen LogP contribution in [0.4, 0.5) is 4.79 Å². The third-order valence-electron chi connectivity index (χ3n) is 5.78. The zero-order valence-corrected chi connectivity index (χ0v) is 24.8. The Morgan fingerprint density at radius 1 is 0.875 bits per heavy atom. The van der Waals surface area contributed by atoms with Gasteiger partial charge in [0.2, 0.25) is 0 Å². The third-order valence-corrected chi connectivity index (χ3v) is 6.75. The topological polar surface area (TPSA) is 85.3 Å². The number of aliphatic carboxylic acids is 1. The zero-order chi connectivity index (χ0) is 29.1. The smallest absolute Gasteiger partial charge is 0.415 e. The molecule has 1 unspecified atom stereocenters. The van der Waals surface area contributed by atoms with Crippen LogP contribution in [0.5, 0.6) is 11.5 Å². The normalized spacial score (nSPS) is 11.6. The molecule has 0 aliphatic carbocycles. The van der Waals surface area contributed by atoms with Crippen molar-refractivity contribution >= 4 is 58.5 Å². The van der Waals surface area contributed by atoms with Crippen molar-refractivity contribution < 1.29 is 28.9 Å². The Kier molecular flexibility index (Phi) is 12.7. The van der Waals surface area contributed by atoms with Crippen LogP contribution in [0.2, 0.25) is 20.1 Å². The van der Waals surface area contributed by atoms with Gasteiger partial charge in [-0.05, 0) is 79.4 Å². The average Bonchev–Trinajstić information content (AvgIpc) is 2.89. The first kappa shape index (κ1) is 31.8. The predicted octanol–water partition coefficient (Wildman–Crippen LogP) is 7.85. The van der Waals surface area contributed by atoms with Crippen LogP contribution in [0.1, 0.15) is 24.5 Å². The highest BCUT2D eigenvalue weighted by Gasteiger charge is 2.19. The van der Waals surface area contributed by atoms with Crippen LogP contribution in [0, 0.1) is 0 Å². The zero-order valence-electron chi connectivity index (χ0n) is 21.7. The standard InChI is InChI=1S/C29H29Cl4NO6/c1-2-38-27(28(35)36)16-19-5-8-24(9-6-19)39-13-12-34(11-3-4-20-14-22(31)17-23(32)15-20)29(37)40-26-10-7-21(30)18-25(26)33/h5-10,14-15,17-18,27H,2-4,11-13,16H2,1H3,(H,35,36). The molecule has 0 fully saturated rings. The van der Waals surface area contributed by atoms with Gasteiger partial charge >= 0.3 is 12.1 Å². The first-order valence-electron chi connectivity index (χ1n) is 12.6. The van der Waals surface area contributed by atoms with Crippen molar-refractivity contribution in [3.05, 3.63) is 91.9 Å². The molecule has 0 saturated heterocycles. The molecular formula is C29H29Cl4NO6. The minimum atomic E-state index is -1.01. The van der Waals surface area contributed by atoms with Crippen LogP contribution in [0.3, 0.4) is 0 Å². The van der Waals surface area contributed by atoms with E-state index in [1.54, 1.807) is 43.3 Å². The van der Waals surface area contributed by atoms with E-state index in [0.29, 0.717) is 46.8 Å². The first-order chi connectivity index (χ1) is 19.1. The van der Waals surface area contributed by atoms with Crippen LogP contribution >= 0.6 is 46.4 Å². The van der Waals surface area contributed by atoms with Gasteiger partial charge < -0.3 is 24.2 Å². The molecule has 0 bridgehead atoms. The molecule has 214 valence electrons. The Balaban J connectivity index is 1.61. The monoisotopic (exact) mass is 627 g/mol. The lowest BCUT2D eigenvalue weighted by Gasteiger charge is -2.22. The van der Waals surface area contributed by atoms with Crippen molar-refractivity contribution in [2.75, 3.05) is 26.3 Å². The molecular weight excluding hydrogens is 600 g/mol. The van der Waals surface area contributed by atoms with Crippen LogP contribution < -0.4 is 9.47 Å². The maximum absolute atomic E-state index is 13.1. The van der Waals surface area contributed by atoms with E-state index >= 15 is 0 Å². The summed E-state index contributed by atoms with van der Waals surface area (Å²) in [6, 6.07) is 17.0. The summed E-state index contributed by atoms with van der Waals surface area (Å²) in [4.78, 5) is 25.9. The van der Waals surface area contributed by atoms with Gasteiger partial charge in [0, 0.05) is 34.6 Å². The molecule has 0 spiro atoms. The Hall–Kier alpha value is -2.68. The summed E-state index contributed by atoms with van der Waals surface area (Å²) in [6.45, 7) is 2.89. The van der Waals surface area contributed by atoms with Gasteiger partial charge in [-0.1, -0.05) is 58.5 Å². The molecule has 0 radical (unpaired) electrons. The van der Waals surface area contributed by atoms with Gasteiger partial charge in [0.15, 0.2) is 11.9 Å². The number of halogens is 4. The summed E-state index contributed by atoms with van der Waals surface area (Å²) in [5.41, 5.74) is 1.76. The Morgan fingerprint density at radius 2 is 1.57 bits per heavy atom. The highest BCUT2D eigenvalue weighted by Crippen LogP contribution is 2.28. The minimum absolute atomic E-state index is 0.197. The number of amides is 1. The molecule has 0 aromatic heterocycles. The average molecular weight is 629 g/mol. The van der Waals surface area contributed by atoms with E-state index in [1.807, 2.05) is 12.1 Å². The van der Waals surface area contributed by atoms with E-state index in [9.17, 15) is 14.7 Å². The van der Waals surface area contributed by atoms with Crippen LogP contribution in [-0.4, -0.2) is 54.5 Å². The van der Waals surface area contributed by atoms with E-state index in [2.05, 4.69) is 0 Å². The lowest BCUT2D eigenvalue weighted by atomic mass is 10.1. The Morgan fingerprint density at radius 3 is 2.20 bits per heavy atom. The lowest BCUT2D eigenvalue weighted by molar-refractivity contribution is -0.149. The number of benzene rings is 3. The molecule has 11 heteroatoms. The van der Waals surface area contributed by atoms with Crippen LogP contribution in [0.15, 0.2) is 60.7 Å². The van der Waals surface area contributed by atoms with Crippen molar-refractivity contribution in [2.24, 2.45) is 0 Å². The van der Waals surface area contributed by atoms with Crippen molar-refractivity contribution in [3.63, 3.8) is 0 Å². The van der Waals surface area contributed by atoms with E-state index in [4.69, 9.17) is 60.6 Å². The number of ether oxygens (including phenoxy) is 3. The second-order valence-corrected chi connectivity index (χ2v) is 10.5. The number of aryl methyl sites for hydroxylation is 1. The highest BCUT2D eigenvalue weighted by atomic mass is 35.5. The summed E-state index contributed by atoms with van der Waals surface area (Å²) < 4.78 is 16.7. The molecule has 0 aliphatic rings. The molecule has 0 heterocycles. The van der Waals surface area contributed by atoms with Gasteiger partial charge in [0.05, 0.1) is 11.6 Å². The molecule has 0 saturated carbocycles. The number of hydrogen-bond acceptors (Lipinski definition) is 5. The largest absolute Gasteiger partial charge is 0.492 e. The second kappa shape index (κ2) is 15.9. The van der Waals surface area contributed by atoms with Crippen molar-refractivity contribution in [2.45, 2.75) is 32.3 Å². The van der Waals surface area contributed by atoms with E-state index in [-0.39, 0.29) is 30.3 Å². The number of rotatable bonds is 14. The Bertz CT molecular complexity index is 1270. The van der Waals surface area contributed by atoms with E-state index < -0.39 is 18.2 Å². The van der Waals surface area contributed by atoms with Crippen molar-refractivity contribution in [1.29, 1.82) is 0 Å². The van der Waals surface area contributed by atoms with Gasteiger partial charge in [-0.2, -0.15) is 0 Å². The summed E-state index contributed by atoms with van der Waals surface area (Å²) in [5, 5.41) is 11.0. The van der Waals surface area contributed by atoms with Gasteiger partial charge in [-0.25, -0.2) is 9.59 Å². The molecule has 0 aliphatic heterocycles. The maximum Gasteiger partial charge on any atom is 0.415 e. The number of carboxylic acids is 1. The lowest BCUT2D eigenvalue weighted by Crippen LogP contribution is -2.37. The van der Waals surface area contributed by atoms with Crippen LogP contribution in [-0.2, 0) is 22.4 Å². The fraction of sp³-hybridized carbons (Fsp3) is 0.310. The summed E-state index contributed by atoms with van der Waals surface area (Å²) in [5.74, 6) is -0.229. The van der Waals surface area contributed by atoms with E-state index in [0.717, 1.165) is 11.1 Å².